The normalized spacial score (nSPS) is 14.7. The van der Waals surface area contributed by atoms with Crippen LogP contribution in [-0.4, -0.2) is 11.5 Å². The number of benzene rings is 1. The smallest absolute Gasteiger partial charge is 0.159 e. The summed E-state index contributed by atoms with van der Waals surface area (Å²) in [4.78, 5) is 10.3. The Morgan fingerprint density at radius 1 is 0.620 bits per heavy atom. The van der Waals surface area contributed by atoms with Crippen molar-refractivity contribution in [2.75, 3.05) is 0 Å². The van der Waals surface area contributed by atoms with E-state index in [2.05, 4.69) is 161 Å². The zero-order valence-corrected chi connectivity index (χ0v) is 49.3. The monoisotopic (exact) mass is 959 g/mol. The zero-order valence-electron chi connectivity index (χ0n) is 49.3. The van der Waals surface area contributed by atoms with Crippen molar-refractivity contribution in [2.24, 2.45) is 9.98 Å². The van der Waals surface area contributed by atoms with Crippen molar-refractivity contribution in [2.45, 2.75) is 171 Å². The van der Waals surface area contributed by atoms with Crippen LogP contribution in [0, 0.1) is 0 Å². The average Bonchev–Trinajstić information content (AvgIpc) is 3.40. The third-order valence-electron chi connectivity index (χ3n) is 9.94. The predicted octanol–water partition coefficient (Wildman–Crippen LogP) is 22.6. The molecular formula is C69H102N2. The molecule has 1 aromatic rings. The first kappa shape index (κ1) is 71.4. The van der Waals surface area contributed by atoms with Gasteiger partial charge in [-0.05, 0) is 174 Å². The van der Waals surface area contributed by atoms with Gasteiger partial charge in [-0.25, -0.2) is 9.98 Å². The number of hydrogen-bond acceptors (Lipinski definition) is 1. The van der Waals surface area contributed by atoms with Gasteiger partial charge in [-0.3, -0.25) is 0 Å². The molecule has 0 unspecified atom stereocenters. The van der Waals surface area contributed by atoms with E-state index >= 15 is 0 Å². The number of nitrogens with zero attached hydrogens (tertiary/aromatic N) is 2. The van der Waals surface area contributed by atoms with Gasteiger partial charge in [-0.15, -0.1) is 0 Å². The summed E-state index contributed by atoms with van der Waals surface area (Å²) in [6.45, 7) is 56.5. The van der Waals surface area contributed by atoms with Crippen molar-refractivity contribution < 1.29 is 0 Å². The molecule has 0 radical (unpaired) electrons. The third kappa shape index (κ3) is 28.4. The maximum absolute atomic E-state index is 5.27. The van der Waals surface area contributed by atoms with E-state index in [4.69, 9.17) is 9.98 Å². The van der Waals surface area contributed by atoms with Gasteiger partial charge >= 0.3 is 0 Å². The van der Waals surface area contributed by atoms with Gasteiger partial charge in [-0.1, -0.05) is 236 Å². The number of aliphatic imine (C=N–C) groups is 2. The fourth-order valence-electron chi connectivity index (χ4n) is 6.50. The standard InChI is InChI=1S/C58H70N2.C3H8.4C2H6/c1-15-23-34-43(9)44(10)40-54(48(14)60-58(52(31-17-3)35-24-16-2)59-47(13)50-36-27-25-28-37-50)42-49(20-6)45(11)41-53(32-18-4)46(12)55(21-7)57(33-19-5)56(22-8)51-38-29-26-30-39-51;1-3-2;4*1-2/h15-18,20-25,27-29,31-42H,7,11,13,19,26,30H2,1-6,8-10,12,14H3;3H2,1-2H3;4*1-2H3/b23-15-,24-16-,31-17-,32-18-,43-34+,44-40+,49-20+,52-35+,53-41+,54-42+,55-46-,56-22-,57-33-,59-58?,60-48?;;;;;. The lowest BCUT2D eigenvalue weighted by Crippen LogP contribution is -2.06. The van der Waals surface area contributed by atoms with E-state index < -0.39 is 0 Å². The molecule has 1 aromatic carbocycles. The minimum absolute atomic E-state index is 0.570. The van der Waals surface area contributed by atoms with Crippen LogP contribution in [0.1, 0.15) is 177 Å². The van der Waals surface area contributed by atoms with Gasteiger partial charge < -0.3 is 0 Å². The minimum Gasteiger partial charge on any atom is -0.233 e. The van der Waals surface area contributed by atoms with Crippen LogP contribution in [0.3, 0.4) is 0 Å². The summed E-state index contributed by atoms with van der Waals surface area (Å²) in [5, 5.41) is 0. The summed E-state index contributed by atoms with van der Waals surface area (Å²) in [7, 11) is 0. The lowest BCUT2D eigenvalue weighted by molar-refractivity contribution is 1.02. The van der Waals surface area contributed by atoms with Crippen molar-refractivity contribution in [3.05, 3.63) is 244 Å². The molecule has 0 aromatic heterocycles. The summed E-state index contributed by atoms with van der Waals surface area (Å²) >= 11 is 0. The summed E-state index contributed by atoms with van der Waals surface area (Å²) in [6.07, 6.45) is 46.9. The molecule has 0 aliphatic heterocycles. The second-order valence-electron chi connectivity index (χ2n) is 15.1. The molecule has 0 heterocycles. The maximum atomic E-state index is 5.27. The molecule has 0 N–H and O–H groups in total. The molecule has 2 rings (SSSR count). The van der Waals surface area contributed by atoms with Crippen molar-refractivity contribution in [1.29, 1.82) is 0 Å². The molecule has 1 aliphatic rings. The Labute approximate surface area is 440 Å². The number of allylic oxidation sites excluding steroid dienone is 30. The van der Waals surface area contributed by atoms with Crippen LogP contribution in [0.4, 0.5) is 0 Å². The molecule has 0 atom stereocenters. The molecule has 0 saturated carbocycles. The Morgan fingerprint density at radius 2 is 1.18 bits per heavy atom. The van der Waals surface area contributed by atoms with Crippen LogP contribution in [0.5, 0.6) is 0 Å². The molecular weight excluding hydrogens is 857 g/mol. The maximum Gasteiger partial charge on any atom is 0.159 e. The summed E-state index contributed by atoms with van der Waals surface area (Å²) in [6, 6.07) is 10.0. The van der Waals surface area contributed by atoms with E-state index in [0.29, 0.717) is 11.5 Å². The van der Waals surface area contributed by atoms with Crippen molar-refractivity contribution in [3.63, 3.8) is 0 Å². The van der Waals surface area contributed by atoms with Crippen molar-refractivity contribution >= 4 is 17.2 Å². The highest BCUT2D eigenvalue weighted by Gasteiger charge is 2.16. The second-order valence-corrected chi connectivity index (χ2v) is 15.1. The highest BCUT2D eigenvalue weighted by Crippen LogP contribution is 2.34. The van der Waals surface area contributed by atoms with E-state index in [9.17, 15) is 0 Å². The van der Waals surface area contributed by atoms with Crippen LogP contribution in [0.2, 0.25) is 0 Å². The highest BCUT2D eigenvalue weighted by atomic mass is 14.9. The Hall–Kier alpha value is -6.12. The van der Waals surface area contributed by atoms with Crippen LogP contribution >= 0.6 is 0 Å². The van der Waals surface area contributed by atoms with Gasteiger partial charge in [0.2, 0.25) is 0 Å². The zero-order chi connectivity index (χ0) is 55.2. The molecule has 0 fully saturated rings. The van der Waals surface area contributed by atoms with Gasteiger partial charge in [0, 0.05) is 11.3 Å². The summed E-state index contributed by atoms with van der Waals surface area (Å²) < 4.78 is 0. The van der Waals surface area contributed by atoms with Crippen molar-refractivity contribution in [3.8, 4) is 0 Å². The molecule has 0 spiro atoms. The Balaban J connectivity index is -0.00000189. The lowest BCUT2D eigenvalue weighted by atomic mass is 9.85. The molecule has 0 bridgehead atoms. The summed E-state index contributed by atoms with van der Waals surface area (Å²) in [5.74, 6) is 0.570. The van der Waals surface area contributed by atoms with E-state index in [1.54, 1.807) is 0 Å². The van der Waals surface area contributed by atoms with E-state index in [0.717, 1.165) is 80.7 Å². The fraction of sp³-hybridized carbons (Fsp3) is 0.362. The molecule has 388 valence electrons. The largest absolute Gasteiger partial charge is 0.233 e. The minimum atomic E-state index is 0.570. The molecule has 71 heavy (non-hydrogen) atoms. The Morgan fingerprint density at radius 3 is 1.66 bits per heavy atom. The first-order chi connectivity index (χ1) is 34.3. The Bertz CT molecular complexity index is 2250. The fourth-order valence-corrected chi connectivity index (χ4v) is 6.50. The van der Waals surface area contributed by atoms with Gasteiger partial charge in [0.05, 0.1) is 5.70 Å². The number of amidine groups is 1. The number of rotatable bonds is 19. The second kappa shape index (κ2) is 47.6. The molecule has 2 heteroatoms. The van der Waals surface area contributed by atoms with Crippen LogP contribution in [-0.2, 0) is 0 Å². The topological polar surface area (TPSA) is 24.7 Å². The molecule has 0 amide bonds. The van der Waals surface area contributed by atoms with E-state index in [1.807, 2.05) is 156 Å². The predicted molar refractivity (Wildman–Crippen MR) is 333 cm³/mol. The van der Waals surface area contributed by atoms with E-state index in [-0.39, 0.29) is 0 Å². The van der Waals surface area contributed by atoms with E-state index in [1.165, 1.54) is 23.1 Å². The average molecular weight is 960 g/mol. The SMILES string of the molecule is C=CC(=C(C)/C(/C=C\C)=C/C(=C)C(=C/C)/C=C(\C=C(C)\C(C)=C\C=C/C)C(C)=NC(=NC(=C)c1ccccc1)C(/C=C\C)=C/C=C\C)/C(=C/CC)C(=C\C)/C1=CCCC=C1.CC.CC.CC.CC.CCC. The summed E-state index contributed by atoms with van der Waals surface area (Å²) in [5.41, 5.74) is 15.3. The van der Waals surface area contributed by atoms with Gasteiger partial charge in [0.1, 0.15) is 0 Å². The number of hydrogen-bond donors (Lipinski definition) is 0. The molecule has 0 saturated heterocycles. The van der Waals surface area contributed by atoms with Crippen LogP contribution < -0.4 is 0 Å². The third-order valence-corrected chi connectivity index (χ3v) is 9.94. The first-order valence-corrected chi connectivity index (χ1v) is 26.7. The van der Waals surface area contributed by atoms with Crippen LogP contribution in [0.25, 0.3) is 5.70 Å². The van der Waals surface area contributed by atoms with Crippen LogP contribution in [0.15, 0.2) is 248 Å². The van der Waals surface area contributed by atoms with Gasteiger partial charge in [0.25, 0.3) is 0 Å². The first-order valence-electron chi connectivity index (χ1n) is 26.7. The Kier molecular flexibility index (Phi) is 47.8. The lowest BCUT2D eigenvalue weighted by Gasteiger charge is -2.20. The van der Waals surface area contributed by atoms with Crippen molar-refractivity contribution in [1.82, 2.24) is 0 Å². The van der Waals surface area contributed by atoms with Gasteiger partial charge in [-0.2, -0.15) is 0 Å². The molecule has 2 nitrogen and oxygen atoms in total. The van der Waals surface area contributed by atoms with Gasteiger partial charge in [0.15, 0.2) is 5.84 Å². The highest BCUT2D eigenvalue weighted by molar-refractivity contribution is 6.14. The molecule has 1 aliphatic carbocycles. The quantitative estimate of drug-likeness (QED) is 0.0750.